The molecule has 0 radical (unpaired) electrons. The second-order valence-corrected chi connectivity index (χ2v) is 5.55. The highest BCUT2D eigenvalue weighted by Gasteiger charge is 2.16. The van der Waals surface area contributed by atoms with Crippen LogP contribution in [-0.2, 0) is 0 Å². The molecule has 2 rings (SSSR count). The monoisotopic (exact) mass is 302 g/mol. The topological polar surface area (TPSA) is 40.5 Å². The van der Waals surface area contributed by atoms with Gasteiger partial charge in [0.25, 0.3) is 0 Å². The van der Waals surface area contributed by atoms with E-state index in [1.54, 1.807) is 6.07 Å². The molecule has 120 valence electrons. The van der Waals surface area contributed by atoms with Crippen LogP contribution in [0.4, 0.5) is 0 Å². The average molecular weight is 302 g/mol. The van der Waals surface area contributed by atoms with Gasteiger partial charge in [0.05, 0.1) is 26.2 Å². The van der Waals surface area contributed by atoms with Crippen molar-refractivity contribution in [2.24, 2.45) is 0 Å². The van der Waals surface area contributed by atoms with Crippen molar-refractivity contribution in [2.45, 2.75) is 27.7 Å². The molecular formula is C18H29BNO2+. The predicted molar refractivity (Wildman–Crippen MR) is 96.2 cm³/mol. The van der Waals surface area contributed by atoms with E-state index in [1.165, 1.54) is 30.7 Å². The fourth-order valence-electron chi connectivity index (χ4n) is 2.82. The summed E-state index contributed by atoms with van der Waals surface area (Å²) in [5.41, 5.74) is 0.554. The van der Waals surface area contributed by atoms with E-state index in [9.17, 15) is 0 Å². The molecule has 0 amide bonds. The van der Waals surface area contributed by atoms with Gasteiger partial charge in [-0.05, 0) is 43.9 Å². The van der Waals surface area contributed by atoms with Gasteiger partial charge in [-0.1, -0.05) is 42.5 Å². The standard InChI is InChI=1S/C10H9BO2.C8H20N/c12-11(13)10-7-3-5-8-4-1-2-6-9(8)10;1-5-9(6-2,7-3)8-4/h1-7,12-13H;5-8H2,1-4H3/q;+1. The molecule has 0 fully saturated rings. The van der Waals surface area contributed by atoms with Gasteiger partial charge in [-0.2, -0.15) is 0 Å². The third kappa shape index (κ3) is 4.57. The number of hydrogen-bond acceptors (Lipinski definition) is 2. The molecule has 2 aromatic carbocycles. The van der Waals surface area contributed by atoms with E-state index in [0.717, 1.165) is 10.8 Å². The molecule has 22 heavy (non-hydrogen) atoms. The first kappa shape index (κ1) is 18.7. The first-order chi connectivity index (χ1) is 10.5. The van der Waals surface area contributed by atoms with E-state index in [2.05, 4.69) is 27.7 Å². The molecule has 0 aromatic heterocycles. The van der Waals surface area contributed by atoms with Crippen molar-refractivity contribution in [1.82, 2.24) is 0 Å². The van der Waals surface area contributed by atoms with Gasteiger partial charge in [-0.15, -0.1) is 0 Å². The number of rotatable bonds is 5. The summed E-state index contributed by atoms with van der Waals surface area (Å²) in [7, 11) is -1.40. The summed E-state index contributed by atoms with van der Waals surface area (Å²) in [5, 5.41) is 20.1. The maximum absolute atomic E-state index is 9.08. The molecule has 0 saturated heterocycles. The van der Waals surface area contributed by atoms with E-state index in [1.807, 2.05) is 36.4 Å². The SMILES string of the molecule is CC[N+](CC)(CC)CC.OB(O)c1cccc2ccccc12. The molecular weight excluding hydrogens is 273 g/mol. The highest BCUT2D eigenvalue weighted by Crippen LogP contribution is 2.10. The van der Waals surface area contributed by atoms with Crippen molar-refractivity contribution in [2.75, 3.05) is 26.2 Å². The summed E-state index contributed by atoms with van der Waals surface area (Å²) < 4.78 is 1.28. The van der Waals surface area contributed by atoms with Gasteiger partial charge in [0.15, 0.2) is 0 Å². The van der Waals surface area contributed by atoms with Crippen LogP contribution in [0, 0.1) is 0 Å². The first-order valence-corrected chi connectivity index (χ1v) is 8.22. The Kier molecular flexibility index (Phi) is 7.59. The van der Waals surface area contributed by atoms with Gasteiger partial charge in [-0.3, -0.25) is 0 Å². The highest BCUT2D eigenvalue weighted by molar-refractivity contribution is 6.61. The van der Waals surface area contributed by atoms with Crippen molar-refractivity contribution in [3.05, 3.63) is 42.5 Å². The summed E-state index contributed by atoms with van der Waals surface area (Å²) >= 11 is 0. The van der Waals surface area contributed by atoms with Crippen LogP contribution in [0.25, 0.3) is 10.8 Å². The van der Waals surface area contributed by atoms with Crippen LogP contribution in [0.15, 0.2) is 42.5 Å². The second-order valence-electron chi connectivity index (χ2n) is 5.55. The van der Waals surface area contributed by atoms with E-state index in [0.29, 0.717) is 5.46 Å². The lowest BCUT2D eigenvalue weighted by Gasteiger charge is -2.34. The molecule has 2 aromatic rings. The first-order valence-electron chi connectivity index (χ1n) is 8.22. The fourth-order valence-corrected chi connectivity index (χ4v) is 2.82. The van der Waals surface area contributed by atoms with Crippen LogP contribution in [0.3, 0.4) is 0 Å². The van der Waals surface area contributed by atoms with Crippen LogP contribution in [-0.4, -0.2) is 47.8 Å². The largest absolute Gasteiger partial charge is 0.489 e. The Morgan fingerprint density at radius 1 is 0.773 bits per heavy atom. The fraction of sp³-hybridized carbons (Fsp3) is 0.444. The van der Waals surface area contributed by atoms with E-state index < -0.39 is 7.12 Å². The lowest BCUT2D eigenvalue weighted by molar-refractivity contribution is -0.921. The van der Waals surface area contributed by atoms with Crippen molar-refractivity contribution in [3.8, 4) is 0 Å². The van der Waals surface area contributed by atoms with Crippen LogP contribution in [0.1, 0.15) is 27.7 Å². The number of hydrogen-bond donors (Lipinski definition) is 2. The molecule has 0 aliphatic heterocycles. The minimum absolute atomic E-state index is 0.554. The minimum atomic E-state index is -1.40. The molecule has 3 nitrogen and oxygen atoms in total. The number of nitrogens with zero attached hydrogens (tertiary/aromatic N) is 1. The van der Waals surface area contributed by atoms with Crippen molar-refractivity contribution in [1.29, 1.82) is 0 Å². The summed E-state index contributed by atoms with van der Waals surface area (Å²) in [6.07, 6.45) is 0. The van der Waals surface area contributed by atoms with Gasteiger partial charge >= 0.3 is 7.12 Å². The highest BCUT2D eigenvalue weighted by atomic mass is 16.4. The summed E-state index contributed by atoms with van der Waals surface area (Å²) in [6, 6.07) is 13.1. The maximum Gasteiger partial charge on any atom is 0.489 e. The summed E-state index contributed by atoms with van der Waals surface area (Å²) in [4.78, 5) is 0. The van der Waals surface area contributed by atoms with Gasteiger partial charge < -0.3 is 14.5 Å². The van der Waals surface area contributed by atoms with Crippen molar-refractivity contribution >= 4 is 23.4 Å². The Bertz CT molecular complexity index is 545. The molecule has 4 heteroatoms. The van der Waals surface area contributed by atoms with Crippen molar-refractivity contribution in [3.63, 3.8) is 0 Å². The normalized spacial score (nSPS) is 11.0. The zero-order valence-corrected chi connectivity index (χ0v) is 14.3. The quantitative estimate of drug-likeness (QED) is 0.658. The van der Waals surface area contributed by atoms with Gasteiger partial charge in [0.2, 0.25) is 0 Å². The minimum Gasteiger partial charge on any atom is -0.423 e. The Labute approximate surface area is 134 Å². The summed E-state index contributed by atoms with van der Waals surface area (Å²) in [6.45, 7) is 14.2. The van der Waals surface area contributed by atoms with Gasteiger partial charge in [0.1, 0.15) is 0 Å². The zero-order valence-electron chi connectivity index (χ0n) is 14.3. The summed E-state index contributed by atoms with van der Waals surface area (Å²) in [5.74, 6) is 0. The molecule has 2 N–H and O–H groups in total. The molecule has 0 bridgehead atoms. The van der Waals surface area contributed by atoms with Crippen LogP contribution >= 0.6 is 0 Å². The molecule has 0 saturated carbocycles. The number of benzene rings is 2. The Balaban J connectivity index is 0.000000239. The molecule has 0 unspecified atom stereocenters. The smallest absolute Gasteiger partial charge is 0.423 e. The molecule has 0 aliphatic rings. The van der Waals surface area contributed by atoms with Crippen LogP contribution in [0.5, 0.6) is 0 Å². The van der Waals surface area contributed by atoms with E-state index >= 15 is 0 Å². The van der Waals surface area contributed by atoms with Crippen LogP contribution < -0.4 is 5.46 Å². The molecule has 0 spiro atoms. The number of quaternary nitrogens is 1. The molecule has 0 atom stereocenters. The van der Waals surface area contributed by atoms with Crippen molar-refractivity contribution < 1.29 is 14.5 Å². The van der Waals surface area contributed by atoms with Gasteiger partial charge in [0, 0.05) is 0 Å². The molecule has 0 aliphatic carbocycles. The van der Waals surface area contributed by atoms with Gasteiger partial charge in [-0.25, -0.2) is 0 Å². The lowest BCUT2D eigenvalue weighted by atomic mass is 9.77. The van der Waals surface area contributed by atoms with Crippen LogP contribution in [0.2, 0.25) is 0 Å². The predicted octanol–water partition coefficient (Wildman–Crippen LogP) is 2.40. The zero-order chi connectivity index (χ0) is 16.6. The average Bonchev–Trinajstić information content (AvgIpc) is 2.57. The lowest BCUT2D eigenvalue weighted by Crippen LogP contribution is -2.47. The maximum atomic E-state index is 9.08. The molecule has 0 heterocycles. The third-order valence-corrected chi connectivity index (χ3v) is 4.78. The Hall–Kier alpha value is -1.36. The van der Waals surface area contributed by atoms with E-state index in [4.69, 9.17) is 10.0 Å². The second kappa shape index (κ2) is 8.94. The Morgan fingerprint density at radius 3 is 1.73 bits per heavy atom. The third-order valence-electron chi connectivity index (χ3n) is 4.78. The number of fused-ring (bicyclic) bond motifs is 1. The van der Waals surface area contributed by atoms with E-state index in [-0.39, 0.29) is 0 Å². The Morgan fingerprint density at radius 2 is 1.27 bits per heavy atom.